The van der Waals surface area contributed by atoms with Crippen LogP contribution in [0.25, 0.3) is 0 Å². The van der Waals surface area contributed by atoms with Gasteiger partial charge in [0.2, 0.25) is 5.91 Å². The fraction of sp³-hybridized carbons (Fsp3) is 0.562. The number of aliphatic hydroxyl groups is 1. The second kappa shape index (κ2) is 10.2. The first-order valence-electron chi connectivity index (χ1n) is 7.34. The second-order valence-corrected chi connectivity index (χ2v) is 5.15. The van der Waals surface area contributed by atoms with E-state index in [-0.39, 0.29) is 12.5 Å². The molecule has 5 nitrogen and oxygen atoms in total. The quantitative estimate of drug-likeness (QED) is 0.641. The van der Waals surface area contributed by atoms with Crippen molar-refractivity contribution in [1.29, 1.82) is 0 Å². The molecule has 0 fully saturated rings. The number of rotatable bonds is 10. The predicted molar refractivity (Wildman–Crippen MR) is 83.3 cm³/mol. The number of nitrogens with zero attached hydrogens (tertiary/aromatic N) is 1. The van der Waals surface area contributed by atoms with Crippen molar-refractivity contribution in [2.45, 2.75) is 25.8 Å². The molecule has 0 aliphatic carbocycles. The molecule has 0 aliphatic rings. The summed E-state index contributed by atoms with van der Waals surface area (Å²) in [5, 5.41) is 11.6. The highest BCUT2D eigenvalue weighted by Crippen LogP contribution is 2.12. The molecule has 0 saturated heterocycles. The van der Waals surface area contributed by atoms with Gasteiger partial charge in [0.05, 0.1) is 13.7 Å². The SMILES string of the molecule is COc1cccc(CNC(=O)CN(C)CCCCCO)c1. The van der Waals surface area contributed by atoms with Crippen LogP contribution in [0.15, 0.2) is 24.3 Å². The molecule has 0 radical (unpaired) electrons. The summed E-state index contributed by atoms with van der Waals surface area (Å²) >= 11 is 0. The predicted octanol–water partition coefficient (Wildman–Crippen LogP) is 1.41. The third-order valence-electron chi connectivity index (χ3n) is 3.24. The van der Waals surface area contributed by atoms with Crippen LogP contribution >= 0.6 is 0 Å². The van der Waals surface area contributed by atoms with Gasteiger partial charge in [-0.3, -0.25) is 9.69 Å². The number of unbranched alkanes of at least 4 members (excludes halogenated alkanes) is 2. The van der Waals surface area contributed by atoms with Gasteiger partial charge in [0, 0.05) is 13.2 Å². The van der Waals surface area contributed by atoms with E-state index in [1.165, 1.54) is 0 Å². The van der Waals surface area contributed by atoms with E-state index in [4.69, 9.17) is 9.84 Å². The van der Waals surface area contributed by atoms with Gasteiger partial charge in [-0.05, 0) is 50.6 Å². The zero-order valence-electron chi connectivity index (χ0n) is 13.0. The van der Waals surface area contributed by atoms with Crippen LogP contribution in [0.1, 0.15) is 24.8 Å². The Balaban J connectivity index is 2.23. The highest BCUT2D eigenvalue weighted by Gasteiger charge is 2.06. The van der Waals surface area contributed by atoms with Gasteiger partial charge in [-0.2, -0.15) is 0 Å². The van der Waals surface area contributed by atoms with E-state index in [9.17, 15) is 4.79 Å². The molecule has 118 valence electrons. The number of carbonyl (C=O) groups excluding carboxylic acids is 1. The fourth-order valence-electron chi connectivity index (χ4n) is 2.03. The Morgan fingerprint density at radius 2 is 2.14 bits per heavy atom. The molecule has 1 amide bonds. The van der Waals surface area contributed by atoms with E-state index in [1.54, 1.807) is 7.11 Å². The van der Waals surface area contributed by atoms with Crippen molar-refractivity contribution in [1.82, 2.24) is 10.2 Å². The summed E-state index contributed by atoms with van der Waals surface area (Å²) in [5.74, 6) is 0.810. The van der Waals surface area contributed by atoms with Crippen molar-refractivity contribution in [3.63, 3.8) is 0 Å². The van der Waals surface area contributed by atoms with E-state index in [1.807, 2.05) is 36.2 Å². The van der Waals surface area contributed by atoms with Crippen molar-refractivity contribution in [3.05, 3.63) is 29.8 Å². The lowest BCUT2D eigenvalue weighted by Gasteiger charge is -2.16. The minimum absolute atomic E-state index is 0.0162. The summed E-state index contributed by atoms with van der Waals surface area (Å²) in [6.45, 7) is 2.01. The number of methoxy groups -OCH3 is 1. The van der Waals surface area contributed by atoms with Crippen molar-refractivity contribution in [3.8, 4) is 5.75 Å². The Labute approximate surface area is 126 Å². The highest BCUT2D eigenvalue weighted by atomic mass is 16.5. The average molecular weight is 294 g/mol. The minimum Gasteiger partial charge on any atom is -0.497 e. The average Bonchev–Trinajstić information content (AvgIpc) is 2.50. The Morgan fingerprint density at radius 1 is 1.33 bits per heavy atom. The molecule has 0 aliphatic heterocycles. The van der Waals surface area contributed by atoms with Crippen LogP contribution in [-0.4, -0.2) is 49.8 Å². The number of nitrogens with one attached hydrogen (secondary N) is 1. The van der Waals surface area contributed by atoms with Crippen molar-refractivity contribution < 1.29 is 14.6 Å². The van der Waals surface area contributed by atoms with Crippen LogP contribution in [0.3, 0.4) is 0 Å². The zero-order valence-corrected chi connectivity index (χ0v) is 13.0. The lowest BCUT2D eigenvalue weighted by molar-refractivity contribution is -0.122. The standard InChI is InChI=1S/C16H26N2O3/c1-18(9-4-3-5-10-19)13-16(20)17-12-14-7-6-8-15(11-14)21-2/h6-8,11,19H,3-5,9-10,12-13H2,1-2H3,(H,17,20). The Morgan fingerprint density at radius 3 is 2.86 bits per heavy atom. The van der Waals surface area contributed by atoms with Crippen molar-refractivity contribution in [2.24, 2.45) is 0 Å². The Bertz CT molecular complexity index is 424. The molecule has 0 saturated carbocycles. The van der Waals surface area contributed by atoms with Crippen LogP contribution in [0.2, 0.25) is 0 Å². The molecule has 5 heteroatoms. The van der Waals surface area contributed by atoms with Gasteiger partial charge in [0.15, 0.2) is 0 Å². The summed E-state index contributed by atoms with van der Waals surface area (Å²) in [6.07, 6.45) is 2.82. The second-order valence-electron chi connectivity index (χ2n) is 5.15. The maximum atomic E-state index is 11.8. The molecule has 1 aromatic rings. The molecule has 0 aromatic heterocycles. The van der Waals surface area contributed by atoms with Gasteiger partial charge >= 0.3 is 0 Å². The van der Waals surface area contributed by atoms with Gasteiger partial charge in [0.25, 0.3) is 0 Å². The normalized spacial score (nSPS) is 10.7. The summed E-state index contributed by atoms with van der Waals surface area (Å²) in [6, 6.07) is 7.67. The van der Waals surface area contributed by atoms with E-state index in [0.717, 1.165) is 37.1 Å². The zero-order chi connectivity index (χ0) is 15.5. The van der Waals surface area contributed by atoms with Crippen LogP contribution in [-0.2, 0) is 11.3 Å². The molecule has 21 heavy (non-hydrogen) atoms. The number of amides is 1. The van der Waals surface area contributed by atoms with Crippen molar-refractivity contribution in [2.75, 3.05) is 33.9 Å². The maximum absolute atomic E-state index is 11.8. The monoisotopic (exact) mass is 294 g/mol. The van der Waals surface area contributed by atoms with Crippen molar-refractivity contribution >= 4 is 5.91 Å². The molecular formula is C16H26N2O3. The lowest BCUT2D eigenvalue weighted by atomic mass is 10.2. The minimum atomic E-state index is 0.0162. The van der Waals surface area contributed by atoms with E-state index < -0.39 is 0 Å². The van der Waals surface area contributed by atoms with Gasteiger partial charge in [-0.25, -0.2) is 0 Å². The summed E-state index contributed by atoms with van der Waals surface area (Å²) in [4.78, 5) is 13.8. The van der Waals surface area contributed by atoms with Gasteiger partial charge in [0.1, 0.15) is 5.75 Å². The topological polar surface area (TPSA) is 61.8 Å². The van der Waals surface area contributed by atoms with Gasteiger partial charge in [-0.1, -0.05) is 12.1 Å². The van der Waals surface area contributed by atoms with Crippen LogP contribution in [0.5, 0.6) is 5.75 Å². The third kappa shape index (κ3) is 7.68. The summed E-state index contributed by atoms with van der Waals surface area (Å²) < 4.78 is 5.15. The van der Waals surface area contributed by atoms with Crippen LogP contribution in [0.4, 0.5) is 0 Å². The number of hydrogen-bond donors (Lipinski definition) is 2. The number of likely N-dealkylation sites (N-methyl/N-ethyl adjacent to an activating group) is 1. The molecule has 1 rings (SSSR count). The molecule has 0 bridgehead atoms. The molecular weight excluding hydrogens is 268 g/mol. The highest BCUT2D eigenvalue weighted by molar-refractivity contribution is 5.77. The van der Waals surface area contributed by atoms with E-state index in [0.29, 0.717) is 13.1 Å². The lowest BCUT2D eigenvalue weighted by Crippen LogP contribution is -2.35. The summed E-state index contributed by atoms with van der Waals surface area (Å²) in [7, 11) is 3.56. The maximum Gasteiger partial charge on any atom is 0.234 e. The summed E-state index contributed by atoms with van der Waals surface area (Å²) in [5.41, 5.74) is 1.02. The molecule has 0 unspecified atom stereocenters. The first-order chi connectivity index (χ1) is 10.2. The largest absolute Gasteiger partial charge is 0.497 e. The molecule has 1 aromatic carbocycles. The number of ether oxygens (including phenoxy) is 1. The fourth-order valence-corrected chi connectivity index (χ4v) is 2.03. The van der Waals surface area contributed by atoms with Crippen LogP contribution < -0.4 is 10.1 Å². The first-order valence-corrected chi connectivity index (χ1v) is 7.34. The Kier molecular flexibility index (Phi) is 8.47. The third-order valence-corrected chi connectivity index (χ3v) is 3.24. The number of carbonyl (C=O) groups is 1. The number of aliphatic hydroxyl groups excluding tert-OH is 1. The number of benzene rings is 1. The van der Waals surface area contributed by atoms with E-state index >= 15 is 0 Å². The Hall–Kier alpha value is -1.59. The smallest absolute Gasteiger partial charge is 0.234 e. The first kappa shape index (κ1) is 17.5. The molecule has 2 N–H and O–H groups in total. The van der Waals surface area contributed by atoms with Gasteiger partial charge < -0.3 is 15.2 Å². The molecule has 0 atom stereocenters. The van der Waals surface area contributed by atoms with Gasteiger partial charge in [-0.15, -0.1) is 0 Å². The van der Waals surface area contributed by atoms with E-state index in [2.05, 4.69) is 5.32 Å². The molecule has 0 heterocycles. The molecule has 0 spiro atoms. The number of hydrogen-bond acceptors (Lipinski definition) is 4. The van der Waals surface area contributed by atoms with Crippen LogP contribution in [0, 0.1) is 0 Å².